The Labute approximate surface area is 155 Å². The number of halogens is 1. The molecule has 0 aliphatic carbocycles. The minimum Gasteiger partial charge on any atom is -0.495 e. The molecule has 25 heavy (non-hydrogen) atoms. The number of rotatable bonds is 7. The number of benzene rings is 1. The molecule has 9 heteroatoms. The summed E-state index contributed by atoms with van der Waals surface area (Å²) in [7, 11) is 3.08. The van der Waals surface area contributed by atoms with Crippen molar-refractivity contribution in [3.8, 4) is 5.75 Å². The Hall–Kier alpha value is -1.77. The third kappa shape index (κ3) is 5.35. The lowest BCUT2D eigenvalue weighted by Gasteiger charge is -2.13. The van der Waals surface area contributed by atoms with Crippen LogP contribution in [0, 0.1) is 6.92 Å². The van der Waals surface area contributed by atoms with Gasteiger partial charge >= 0.3 is 0 Å². The number of ether oxygens (including phenoxy) is 2. The van der Waals surface area contributed by atoms with E-state index in [1.54, 1.807) is 19.2 Å². The normalized spacial score (nSPS) is 18.3. The molecule has 0 saturated carbocycles. The third-order valence-corrected chi connectivity index (χ3v) is 4.98. The Kier molecular flexibility index (Phi) is 7.10. The predicted octanol–water partition coefficient (Wildman–Crippen LogP) is 2.22. The average molecular weight is 386 g/mol. The molecule has 0 unspecified atom stereocenters. The number of amides is 2. The van der Waals surface area contributed by atoms with Crippen LogP contribution in [0.15, 0.2) is 17.1 Å². The van der Waals surface area contributed by atoms with Crippen LogP contribution in [0.25, 0.3) is 0 Å². The van der Waals surface area contributed by atoms with Gasteiger partial charge in [-0.2, -0.15) is 0 Å². The van der Waals surface area contributed by atoms with Gasteiger partial charge in [0.25, 0.3) is 0 Å². The zero-order valence-corrected chi connectivity index (χ0v) is 15.8. The topological polar surface area (TPSA) is 89.0 Å². The standard InChI is InChI=1S/C16H20ClN3O4S/c1-9-6-11(12(24-3)7-10(9)17)19-14(21)8-13-15(22)20-16(25-13)18-4-5-23-2/h6-7,13H,4-5,8H2,1-3H3,(H,19,21)(H,18,20,22)/t13-/m0/s1. The van der Waals surface area contributed by atoms with Crippen molar-refractivity contribution in [1.82, 2.24) is 5.32 Å². The van der Waals surface area contributed by atoms with Crippen molar-refractivity contribution >= 4 is 46.0 Å². The summed E-state index contributed by atoms with van der Waals surface area (Å²) >= 11 is 7.30. The average Bonchev–Trinajstić information content (AvgIpc) is 2.90. The number of aryl methyl sites for hydroxylation is 1. The van der Waals surface area contributed by atoms with Crippen molar-refractivity contribution in [3.63, 3.8) is 0 Å². The maximum atomic E-state index is 12.3. The Morgan fingerprint density at radius 1 is 1.44 bits per heavy atom. The number of hydrogen-bond donors (Lipinski definition) is 2. The lowest BCUT2D eigenvalue weighted by molar-refractivity contribution is -0.122. The summed E-state index contributed by atoms with van der Waals surface area (Å²) in [6.07, 6.45) is 0.0324. The van der Waals surface area contributed by atoms with Gasteiger partial charge in [0.1, 0.15) is 11.0 Å². The van der Waals surface area contributed by atoms with E-state index in [1.165, 1.54) is 18.9 Å². The van der Waals surface area contributed by atoms with Crippen LogP contribution in [-0.2, 0) is 14.3 Å². The van der Waals surface area contributed by atoms with Crippen molar-refractivity contribution in [2.45, 2.75) is 18.6 Å². The summed E-state index contributed by atoms with van der Waals surface area (Å²) < 4.78 is 10.1. The summed E-state index contributed by atoms with van der Waals surface area (Å²) in [6, 6.07) is 3.38. The highest BCUT2D eigenvalue weighted by molar-refractivity contribution is 8.15. The van der Waals surface area contributed by atoms with Crippen LogP contribution in [0.5, 0.6) is 5.75 Å². The number of amidine groups is 1. The fraction of sp³-hybridized carbons (Fsp3) is 0.438. The van der Waals surface area contributed by atoms with Crippen LogP contribution in [0.3, 0.4) is 0 Å². The lowest BCUT2D eigenvalue weighted by atomic mass is 10.2. The maximum Gasteiger partial charge on any atom is 0.240 e. The first kappa shape index (κ1) is 19.6. The van der Waals surface area contributed by atoms with Gasteiger partial charge in [0.15, 0.2) is 5.17 Å². The van der Waals surface area contributed by atoms with Gasteiger partial charge in [-0.25, -0.2) is 0 Å². The van der Waals surface area contributed by atoms with Crippen LogP contribution in [0.2, 0.25) is 5.02 Å². The summed E-state index contributed by atoms with van der Waals surface area (Å²) in [5.41, 5.74) is 1.34. The maximum absolute atomic E-state index is 12.3. The number of hydrogen-bond acceptors (Lipinski definition) is 6. The smallest absolute Gasteiger partial charge is 0.240 e. The molecule has 0 radical (unpaired) electrons. The number of anilines is 1. The number of nitrogens with zero attached hydrogens (tertiary/aromatic N) is 1. The van der Waals surface area contributed by atoms with Gasteiger partial charge in [-0.3, -0.25) is 14.6 Å². The summed E-state index contributed by atoms with van der Waals surface area (Å²) in [6.45, 7) is 2.76. The van der Waals surface area contributed by atoms with Crippen LogP contribution < -0.4 is 15.4 Å². The molecule has 2 amide bonds. The molecule has 1 aromatic carbocycles. The second kappa shape index (κ2) is 9.07. The SMILES string of the molecule is COCCN=C1NC(=O)[C@H](CC(=O)Nc2cc(C)c(Cl)cc2OC)S1. The highest BCUT2D eigenvalue weighted by atomic mass is 35.5. The number of nitrogens with one attached hydrogen (secondary N) is 2. The highest BCUT2D eigenvalue weighted by Crippen LogP contribution is 2.31. The minimum atomic E-state index is -0.513. The minimum absolute atomic E-state index is 0.0324. The van der Waals surface area contributed by atoms with Gasteiger partial charge in [0.2, 0.25) is 11.8 Å². The van der Waals surface area contributed by atoms with Gasteiger partial charge in [-0.15, -0.1) is 0 Å². The molecule has 1 saturated heterocycles. The second-order valence-electron chi connectivity index (χ2n) is 5.33. The van der Waals surface area contributed by atoms with E-state index in [0.29, 0.717) is 34.8 Å². The fourth-order valence-corrected chi connectivity index (χ4v) is 3.30. The van der Waals surface area contributed by atoms with Crippen molar-refractivity contribution in [2.75, 3.05) is 32.7 Å². The predicted molar refractivity (Wildman–Crippen MR) is 99.7 cm³/mol. The number of carbonyl (C=O) groups is 2. The van der Waals surface area contributed by atoms with Crippen molar-refractivity contribution in [1.29, 1.82) is 0 Å². The molecule has 1 aromatic rings. The molecule has 2 rings (SSSR count). The zero-order chi connectivity index (χ0) is 18.4. The molecule has 1 aliphatic rings. The van der Waals surface area contributed by atoms with E-state index >= 15 is 0 Å². The quantitative estimate of drug-likeness (QED) is 0.702. The van der Waals surface area contributed by atoms with E-state index in [9.17, 15) is 9.59 Å². The van der Waals surface area contributed by atoms with Gasteiger partial charge in [-0.1, -0.05) is 23.4 Å². The van der Waals surface area contributed by atoms with Gasteiger partial charge in [0, 0.05) is 24.6 Å². The number of thioether (sulfide) groups is 1. The number of aliphatic imine (C=N–C) groups is 1. The first-order valence-electron chi connectivity index (χ1n) is 7.59. The Balaban J connectivity index is 1.98. The molecule has 0 bridgehead atoms. The molecule has 1 heterocycles. The lowest BCUT2D eigenvalue weighted by Crippen LogP contribution is -2.28. The molecule has 2 N–H and O–H groups in total. The number of methoxy groups -OCH3 is 2. The molecular formula is C16H20ClN3O4S. The van der Waals surface area contributed by atoms with Crippen LogP contribution in [-0.4, -0.2) is 49.6 Å². The summed E-state index contributed by atoms with van der Waals surface area (Å²) in [4.78, 5) is 28.5. The van der Waals surface area contributed by atoms with E-state index in [-0.39, 0.29) is 18.2 Å². The Bertz CT molecular complexity index is 696. The largest absolute Gasteiger partial charge is 0.495 e. The van der Waals surface area contributed by atoms with E-state index in [0.717, 1.165) is 5.56 Å². The second-order valence-corrected chi connectivity index (χ2v) is 6.93. The fourth-order valence-electron chi connectivity index (χ4n) is 2.15. The van der Waals surface area contributed by atoms with Gasteiger partial charge in [0.05, 0.1) is 25.9 Å². The van der Waals surface area contributed by atoms with Crippen molar-refractivity contribution in [3.05, 3.63) is 22.7 Å². The monoisotopic (exact) mass is 385 g/mol. The molecule has 0 aromatic heterocycles. The third-order valence-electron chi connectivity index (χ3n) is 3.45. The van der Waals surface area contributed by atoms with Crippen molar-refractivity contribution in [2.24, 2.45) is 4.99 Å². The van der Waals surface area contributed by atoms with Crippen molar-refractivity contribution < 1.29 is 19.1 Å². The molecule has 1 atom stereocenters. The van der Waals surface area contributed by atoms with E-state index in [2.05, 4.69) is 15.6 Å². The van der Waals surface area contributed by atoms with E-state index < -0.39 is 5.25 Å². The molecule has 1 fully saturated rings. The molecule has 7 nitrogen and oxygen atoms in total. The molecule has 136 valence electrons. The first-order chi connectivity index (χ1) is 11.9. The van der Waals surface area contributed by atoms with E-state index in [4.69, 9.17) is 21.1 Å². The molecular weight excluding hydrogens is 366 g/mol. The number of carbonyl (C=O) groups excluding carboxylic acids is 2. The van der Waals surface area contributed by atoms with Crippen LogP contribution in [0.1, 0.15) is 12.0 Å². The van der Waals surface area contributed by atoms with E-state index in [1.807, 2.05) is 6.92 Å². The van der Waals surface area contributed by atoms with Gasteiger partial charge < -0.3 is 20.1 Å². The summed E-state index contributed by atoms with van der Waals surface area (Å²) in [5.74, 6) is -0.0457. The van der Waals surface area contributed by atoms with Crippen LogP contribution in [0.4, 0.5) is 5.69 Å². The molecule has 0 spiro atoms. The molecule has 1 aliphatic heterocycles. The Morgan fingerprint density at radius 3 is 2.88 bits per heavy atom. The zero-order valence-electron chi connectivity index (χ0n) is 14.2. The summed E-state index contributed by atoms with van der Waals surface area (Å²) in [5, 5.41) is 5.99. The van der Waals surface area contributed by atoms with Crippen LogP contribution >= 0.6 is 23.4 Å². The first-order valence-corrected chi connectivity index (χ1v) is 8.85. The van der Waals surface area contributed by atoms with Gasteiger partial charge in [-0.05, 0) is 18.6 Å². The highest BCUT2D eigenvalue weighted by Gasteiger charge is 2.32. The Morgan fingerprint density at radius 2 is 2.20 bits per heavy atom.